The van der Waals surface area contributed by atoms with Crippen molar-refractivity contribution in [1.29, 1.82) is 0 Å². The number of aliphatic hydroxyl groups is 1. The maximum absolute atomic E-state index is 13.2. The maximum atomic E-state index is 13.2. The Hall–Kier alpha value is -2.47. The van der Waals surface area contributed by atoms with Crippen LogP contribution in [-0.4, -0.2) is 44.2 Å². The van der Waals surface area contributed by atoms with E-state index in [9.17, 15) is 14.7 Å². The molecule has 2 aliphatic rings. The van der Waals surface area contributed by atoms with Gasteiger partial charge in [-0.2, -0.15) is 4.98 Å². The molecule has 6 heteroatoms. The lowest BCUT2D eigenvalue weighted by atomic mass is 9.70. The number of aliphatic hydroxyl groups excluding tert-OH is 1. The predicted molar refractivity (Wildman–Crippen MR) is 106 cm³/mol. The van der Waals surface area contributed by atoms with Gasteiger partial charge in [-0.3, -0.25) is 9.36 Å². The van der Waals surface area contributed by atoms with Gasteiger partial charge in [0, 0.05) is 28.9 Å². The lowest BCUT2D eigenvalue weighted by Gasteiger charge is -2.36. The molecule has 0 saturated carbocycles. The van der Waals surface area contributed by atoms with E-state index in [0.29, 0.717) is 5.69 Å². The van der Waals surface area contributed by atoms with E-state index in [0.717, 1.165) is 31.4 Å². The van der Waals surface area contributed by atoms with Gasteiger partial charge >= 0.3 is 5.69 Å². The molecule has 0 spiro atoms. The molecule has 2 fully saturated rings. The number of aryl methyl sites for hydroxylation is 2. The van der Waals surface area contributed by atoms with E-state index in [2.05, 4.69) is 17.1 Å². The van der Waals surface area contributed by atoms with Crippen LogP contribution < -0.4 is 5.69 Å². The molecule has 1 aromatic carbocycles. The zero-order chi connectivity index (χ0) is 19.9. The molecule has 2 aromatic rings. The number of hydrogen-bond acceptors (Lipinski definition) is 4. The van der Waals surface area contributed by atoms with Crippen LogP contribution in [-0.2, 0) is 17.8 Å². The molecule has 1 aromatic heterocycles. The summed E-state index contributed by atoms with van der Waals surface area (Å²) in [5.41, 5.74) is 1.91. The van der Waals surface area contributed by atoms with Gasteiger partial charge in [0.05, 0.1) is 6.61 Å². The normalized spacial score (nSPS) is 26.0. The Morgan fingerprint density at radius 2 is 2.00 bits per heavy atom. The van der Waals surface area contributed by atoms with Crippen molar-refractivity contribution in [2.24, 2.45) is 5.41 Å². The molecular weight excluding hydrogens is 354 g/mol. The smallest absolute Gasteiger partial charge is 0.348 e. The minimum absolute atomic E-state index is 0.0117. The molecule has 0 unspecified atom stereocenters. The van der Waals surface area contributed by atoms with Crippen LogP contribution >= 0.6 is 0 Å². The minimum Gasteiger partial charge on any atom is -0.396 e. The van der Waals surface area contributed by atoms with Crippen LogP contribution in [0.2, 0.25) is 0 Å². The van der Waals surface area contributed by atoms with E-state index in [-0.39, 0.29) is 42.2 Å². The third kappa shape index (κ3) is 3.15. The van der Waals surface area contributed by atoms with E-state index >= 15 is 0 Å². The number of nitrogens with zero attached hydrogens (tertiary/aromatic N) is 3. The van der Waals surface area contributed by atoms with Crippen LogP contribution in [0.25, 0.3) is 0 Å². The second-order valence-corrected chi connectivity index (χ2v) is 8.34. The molecule has 0 aliphatic carbocycles. The SMILES string of the molecule is Cc1cc(C)n(CC(=O)N2[C@H]3CC[C@@H]2[C@@](CO)(Cc2ccccc2)C3)c(=O)n1. The number of carbonyl (C=O) groups excluding carboxylic acids is 1. The van der Waals surface area contributed by atoms with Crippen molar-refractivity contribution in [2.45, 2.75) is 58.2 Å². The van der Waals surface area contributed by atoms with Gasteiger partial charge in [-0.05, 0) is 51.2 Å². The highest BCUT2D eigenvalue weighted by Crippen LogP contribution is 2.51. The lowest BCUT2D eigenvalue weighted by molar-refractivity contribution is -0.134. The molecule has 2 aliphatic heterocycles. The fourth-order valence-corrected chi connectivity index (χ4v) is 5.27. The molecule has 1 amide bonds. The highest BCUT2D eigenvalue weighted by Gasteiger charge is 2.56. The van der Waals surface area contributed by atoms with Gasteiger partial charge < -0.3 is 10.0 Å². The van der Waals surface area contributed by atoms with Gasteiger partial charge in [0.2, 0.25) is 5.91 Å². The standard InChI is InChI=1S/C22H27N3O3/c1-15-10-16(2)24(21(28)23-15)13-20(27)25-18-8-9-19(25)22(12-18,14-26)11-17-6-4-3-5-7-17/h3-7,10,18-19,26H,8-9,11-14H2,1-2H3/t18-,19+,22-/m0/s1. The first kappa shape index (κ1) is 18.9. The van der Waals surface area contributed by atoms with E-state index in [1.807, 2.05) is 36.1 Å². The minimum atomic E-state index is -0.380. The summed E-state index contributed by atoms with van der Waals surface area (Å²) in [5.74, 6) is -0.0493. The van der Waals surface area contributed by atoms with Gasteiger partial charge in [-0.1, -0.05) is 30.3 Å². The lowest BCUT2D eigenvalue weighted by Crippen LogP contribution is -2.45. The van der Waals surface area contributed by atoms with Gasteiger partial charge in [0.15, 0.2) is 0 Å². The monoisotopic (exact) mass is 381 g/mol. The molecular formula is C22H27N3O3. The van der Waals surface area contributed by atoms with Crippen molar-refractivity contribution in [3.63, 3.8) is 0 Å². The average Bonchev–Trinajstić information content (AvgIpc) is 3.21. The van der Waals surface area contributed by atoms with Crippen LogP contribution in [0.15, 0.2) is 41.2 Å². The highest BCUT2D eigenvalue weighted by atomic mass is 16.3. The molecule has 0 radical (unpaired) electrons. The van der Waals surface area contributed by atoms with Crippen molar-refractivity contribution in [3.05, 3.63) is 63.8 Å². The predicted octanol–water partition coefficient (Wildman–Crippen LogP) is 1.84. The molecule has 148 valence electrons. The average molecular weight is 381 g/mol. The number of hydrogen-bond donors (Lipinski definition) is 1. The summed E-state index contributed by atoms with van der Waals surface area (Å²) in [4.78, 5) is 31.3. The Morgan fingerprint density at radius 1 is 1.25 bits per heavy atom. The molecule has 6 nitrogen and oxygen atoms in total. The molecule has 28 heavy (non-hydrogen) atoms. The molecule has 1 N–H and O–H groups in total. The Balaban J connectivity index is 1.58. The Morgan fingerprint density at radius 3 is 2.68 bits per heavy atom. The summed E-state index contributed by atoms with van der Waals surface area (Å²) in [7, 11) is 0. The zero-order valence-electron chi connectivity index (χ0n) is 16.5. The van der Waals surface area contributed by atoms with E-state index < -0.39 is 0 Å². The fraction of sp³-hybridized carbons (Fsp3) is 0.500. The van der Waals surface area contributed by atoms with Crippen molar-refractivity contribution in [2.75, 3.05) is 6.61 Å². The van der Waals surface area contributed by atoms with Crippen molar-refractivity contribution < 1.29 is 9.90 Å². The summed E-state index contributed by atoms with van der Waals surface area (Å²) in [6.07, 6.45) is 3.45. The van der Waals surface area contributed by atoms with Crippen molar-refractivity contribution in [3.8, 4) is 0 Å². The first-order valence-electron chi connectivity index (χ1n) is 9.94. The van der Waals surface area contributed by atoms with Crippen LogP contribution in [0.3, 0.4) is 0 Å². The Labute approximate surface area is 164 Å². The quantitative estimate of drug-likeness (QED) is 0.858. The van der Waals surface area contributed by atoms with E-state index in [1.54, 1.807) is 6.92 Å². The third-order valence-corrected chi connectivity index (χ3v) is 6.49. The van der Waals surface area contributed by atoms with Crippen molar-refractivity contribution in [1.82, 2.24) is 14.5 Å². The summed E-state index contributed by atoms with van der Waals surface area (Å²) < 4.78 is 1.45. The highest BCUT2D eigenvalue weighted by molar-refractivity contribution is 5.78. The second-order valence-electron chi connectivity index (χ2n) is 8.34. The number of rotatable bonds is 5. The number of amides is 1. The van der Waals surface area contributed by atoms with Gasteiger partial charge in [0.25, 0.3) is 0 Å². The molecule has 3 atom stereocenters. The third-order valence-electron chi connectivity index (χ3n) is 6.49. The summed E-state index contributed by atoms with van der Waals surface area (Å²) in [6, 6.07) is 12.1. The Bertz CT molecular complexity index is 940. The maximum Gasteiger partial charge on any atom is 0.348 e. The van der Waals surface area contributed by atoms with Crippen LogP contribution in [0.1, 0.15) is 36.2 Å². The zero-order valence-corrected chi connectivity index (χ0v) is 16.5. The first-order valence-corrected chi connectivity index (χ1v) is 9.94. The molecule has 2 bridgehead atoms. The largest absolute Gasteiger partial charge is 0.396 e. The summed E-state index contributed by atoms with van der Waals surface area (Å²) >= 11 is 0. The molecule has 4 rings (SSSR count). The summed E-state index contributed by atoms with van der Waals surface area (Å²) in [6.45, 7) is 3.69. The van der Waals surface area contributed by atoms with Crippen LogP contribution in [0.5, 0.6) is 0 Å². The number of benzene rings is 1. The van der Waals surface area contributed by atoms with Gasteiger partial charge in [-0.15, -0.1) is 0 Å². The number of carbonyl (C=O) groups is 1. The van der Waals surface area contributed by atoms with E-state index in [1.165, 1.54) is 10.1 Å². The number of fused-ring (bicyclic) bond motifs is 2. The molecule has 2 saturated heterocycles. The fourth-order valence-electron chi connectivity index (χ4n) is 5.27. The van der Waals surface area contributed by atoms with Crippen LogP contribution in [0, 0.1) is 19.3 Å². The first-order chi connectivity index (χ1) is 13.4. The van der Waals surface area contributed by atoms with Gasteiger partial charge in [-0.25, -0.2) is 4.79 Å². The van der Waals surface area contributed by atoms with Crippen LogP contribution in [0.4, 0.5) is 0 Å². The van der Waals surface area contributed by atoms with E-state index in [4.69, 9.17) is 0 Å². The number of aromatic nitrogens is 2. The van der Waals surface area contributed by atoms with Gasteiger partial charge in [0.1, 0.15) is 6.54 Å². The Kier molecular flexibility index (Phi) is 4.83. The van der Waals surface area contributed by atoms with Crippen molar-refractivity contribution >= 4 is 5.91 Å². The summed E-state index contributed by atoms with van der Waals surface area (Å²) in [5, 5.41) is 10.3. The topological polar surface area (TPSA) is 75.4 Å². The molecule has 3 heterocycles. The second kappa shape index (κ2) is 7.17.